The lowest BCUT2D eigenvalue weighted by atomic mass is 10.1. The van der Waals surface area contributed by atoms with Crippen LogP contribution in [0.25, 0.3) is 0 Å². The van der Waals surface area contributed by atoms with Crippen LogP contribution in [0.4, 0.5) is 5.69 Å². The minimum atomic E-state index is 0.140. The lowest BCUT2D eigenvalue weighted by Gasteiger charge is -2.24. The Kier molecular flexibility index (Phi) is 3.67. The molecule has 3 heteroatoms. The Labute approximate surface area is 103 Å². The Bertz CT molecular complexity index is 379. The molecule has 92 valence electrons. The van der Waals surface area contributed by atoms with E-state index in [2.05, 4.69) is 24.0 Å². The van der Waals surface area contributed by atoms with E-state index in [0.29, 0.717) is 0 Å². The quantitative estimate of drug-likeness (QED) is 0.584. The molecule has 1 aromatic carbocycles. The second kappa shape index (κ2) is 5.21. The number of hydrogen-bond acceptors (Lipinski definition) is 2. The fourth-order valence-corrected chi connectivity index (χ4v) is 2.06. The Morgan fingerprint density at radius 1 is 1.35 bits per heavy atom. The highest BCUT2D eigenvalue weighted by Gasteiger charge is 2.24. The molecule has 1 fully saturated rings. The number of nitrogens with two attached hydrogens (primary N) is 1. The summed E-state index contributed by atoms with van der Waals surface area (Å²) in [6, 6.07) is 8.03. The minimum Gasteiger partial charge on any atom is -0.384 e. The van der Waals surface area contributed by atoms with Crippen LogP contribution in [0.5, 0.6) is 0 Å². The lowest BCUT2D eigenvalue weighted by Crippen LogP contribution is -2.26. The van der Waals surface area contributed by atoms with Gasteiger partial charge in [-0.15, -0.1) is 0 Å². The topological polar surface area (TPSA) is 53.1 Å². The first-order chi connectivity index (χ1) is 8.20. The SMILES string of the molecule is CCCN(CC1CC1)c1ccc(C(=N)N)cc1. The molecule has 1 saturated carbocycles. The molecule has 0 aliphatic heterocycles. The van der Waals surface area contributed by atoms with Crippen molar-refractivity contribution >= 4 is 11.5 Å². The number of rotatable bonds is 6. The second-order valence-electron chi connectivity index (χ2n) is 4.85. The molecule has 17 heavy (non-hydrogen) atoms. The average molecular weight is 231 g/mol. The fourth-order valence-electron chi connectivity index (χ4n) is 2.06. The summed E-state index contributed by atoms with van der Waals surface area (Å²) in [5.74, 6) is 1.04. The Morgan fingerprint density at radius 3 is 2.47 bits per heavy atom. The second-order valence-corrected chi connectivity index (χ2v) is 4.85. The van der Waals surface area contributed by atoms with Gasteiger partial charge in [0.25, 0.3) is 0 Å². The highest BCUT2D eigenvalue weighted by atomic mass is 15.1. The standard InChI is InChI=1S/C14H21N3/c1-2-9-17(10-11-3-4-11)13-7-5-12(6-8-13)14(15)16/h5-8,11H,2-4,9-10H2,1H3,(H3,15,16). The normalized spacial score (nSPS) is 14.6. The van der Waals surface area contributed by atoms with Crippen molar-refractivity contribution in [2.75, 3.05) is 18.0 Å². The fraction of sp³-hybridized carbons (Fsp3) is 0.500. The summed E-state index contributed by atoms with van der Waals surface area (Å²) in [6.07, 6.45) is 3.93. The summed E-state index contributed by atoms with van der Waals surface area (Å²) in [6.45, 7) is 4.49. The maximum atomic E-state index is 7.38. The number of amidine groups is 1. The third kappa shape index (κ3) is 3.22. The average Bonchev–Trinajstić information content (AvgIpc) is 3.13. The van der Waals surface area contributed by atoms with Crippen molar-refractivity contribution in [1.82, 2.24) is 0 Å². The van der Waals surface area contributed by atoms with Crippen molar-refractivity contribution in [3.8, 4) is 0 Å². The van der Waals surface area contributed by atoms with Gasteiger partial charge in [0.1, 0.15) is 5.84 Å². The molecule has 0 aromatic heterocycles. The van der Waals surface area contributed by atoms with Crippen LogP contribution in [0, 0.1) is 11.3 Å². The molecule has 3 N–H and O–H groups in total. The summed E-state index contributed by atoms with van der Waals surface area (Å²) in [4.78, 5) is 2.45. The first-order valence-electron chi connectivity index (χ1n) is 6.40. The minimum absolute atomic E-state index is 0.140. The van der Waals surface area contributed by atoms with E-state index in [1.54, 1.807) is 0 Å². The van der Waals surface area contributed by atoms with Crippen molar-refractivity contribution in [3.05, 3.63) is 29.8 Å². The largest absolute Gasteiger partial charge is 0.384 e. The molecule has 3 nitrogen and oxygen atoms in total. The van der Waals surface area contributed by atoms with E-state index < -0.39 is 0 Å². The van der Waals surface area contributed by atoms with Crippen molar-refractivity contribution in [1.29, 1.82) is 5.41 Å². The Hall–Kier alpha value is -1.51. The van der Waals surface area contributed by atoms with Crippen LogP contribution in [0.2, 0.25) is 0 Å². The van der Waals surface area contributed by atoms with Gasteiger partial charge in [0.05, 0.1) is 0 Å². The maximum absolute atomic E-state index is 7.38. The van der Waals surface area contributed by atoms with Crippen LogP contribution in [0.3, 0.4) is 0 Å². The number of hydrogen-bond donors (Lipinski definition) is 2. The van der Waals surface area contributed by atoms with Gasteiger partial charge in [-0.25, -0.2) is 0 Å². The number of benzene rings is 1. The molecular weight excluding hydrogens is 210 g/mol. The van der Waals surface area contributed by atoms with Gasteiger partial charge >= 0.3 is 0 Å². The summed E-state index contributed by atoms with van der Waals surface area (Å²) >= 11 is 0. The van der Waals surface area contributed by atoms with E-state index in [9.17, 15) is 0 Å². The number of nitrogens with zero attached hydrogens (tertiary/aromatic N) is 1. The third-order valence-electron chi connectivity index (χ3n) is 3.21. The highest BCUT2D eigenvalue weighted by Crippen LogP contribution is 2.31. The van der Waals surface area contributed by atoms with Gasteiger partial charge < -0.3 is 10.6 Å². The van der Waals surface area contributed by atoms with Gasteiger partial charge in [-0.2, -0.15) is 0 Å². The van der Waals surface area contributed by atoms with Crippen LogP contribution in [-0.2, 0) is 0 Å². The van der Waals surface area contributed by atoms with Crippen molar-refractivity contribution in [2.45, 2.75) is 26.2 Å². The predicted molar refractivity (Wildman–Crippen MR) is 72.7 cm³/mol. The van der Waals surface area contributed by atoms with E-state index >= 15 is 0 Å². The van der Waals surface area contributed by atoms with E-state index in [1.165, 1.54) is 31.5 Å². The van der Waals surface area contributed by atoms with Gasteiger partial charge in [-0.05, 0) is 49.4 Å². The van der Waals surface area contributed by atoms with Crippen molar-refractivity contribution in [2.24, 2.45) is 11.7 Å². The van der Waals surface area contributed by atoms with Gasteiger partial charge in [0, 0.05) is 24.3 Å². The van der Waals surface area contributed by atoms with Crippen LogP contribution in [0.15, 0.2) is 24.3 Å². The lowest BCUT2D eigenvalue weighted by molar-refractivity contribution is 0.708. The van der Waals surface area contributed by atoms with Crippen LogP contribution in [-0.4, -0.2) is 18.9 Å². The molecule has 2 rings (SSSR count). The molecule has 0 radical (unpaired) electrons. The first-order valence-corrected chi connectivity index (χ1v) is 6.40. The zero-order chi connectivity index (χ0) is 12.3. The molecule has 0 heterocycles. The number of nitrogen functional groups attached to an aromatic ring is 1. The summed E-state index contributed by atoms with van der Waals surface area (Å²) in [5, 5.41) is 7.38. The van der Waals surface area contributed by atoms with Crippen LogP contribution < -0.4 is 10.6 Å². The summed E-state index contributed by atoms with van der Waals surface area (Å²) in [7, 11) is 0. The summed E-state index contributed by atoms with van der Waals surface area (Å²) < 4.78 is 0. The predicted octanol–water partition coefficient (Wildman–Crippen LogP) is 2.60. The van der Waals surface area contributed by atoms with Crippen molar-refractivity contribution in [3.63, 3.8) is 0 Å². The van der Waals surface area contributed by atoms with Crippen LogP contribution in [0.1, 0.15) is 31.7 Å². The number of anilines is 1. The van der Waals surface area contributed by atoms with Crippen molar-refractivity contribution < 1.29 is 0 Å². The van der Waals surface area contributed by atoms with E-state index in [-0.39, 0.29) is 5.84 Å². The molecular formula is C14H21N3. The molecule has 1 aliphatic rings. The summed E-state index contributed by atoms with van der Waals surface area (Å²) in [5.41, 5.74) is 7.51. The van der Waals surface area contributed by atoms with Gasteiger partial charge in [-0.3, -0.25) is 5.41 Å². The Balaban J connectivity index is 2.08. The molecule has 0 bridgehead atoms. The Morgan fingerprint density at radius 2 is 2.00 bits per heavy atom. The zero-order valence-corrected chi connectivity index (χ0v) is 10.4. The molecule has 0 amide bonds. The molecule has 0 saturated heterocycles. The number of nitrogens with one attached hydrogen (secondary N) is 1. The zero-order valence-electron chi connectivity index (χ0n) is 10.4. The molecule has 0 spiro atoms. The van der Waals surface area contributed by atoms with E-state index in [4.69, 9.17) is 11.1 Å². The molecule has 1 aliphatic carbocycles. The van der Waals surface area contributed by atoms with Gasteiger partial charge in [0.2, 0.25) is 0 Å². The van der Waals surface area contributed by atoms with E-state index in [0.717, 1.165) is 18.0 Å². The monoisotopic (exact) mass is 231 g/mol. The van der Waals surface area contributed by atoms with Gasteiger partial charge in [0.15, 0.2) is 0 Å². The van der Waals surface area contributed by atoms with Gasteiger partial charge in [-0.1, -0.05) is 6.92 Å². The molecule has 1 aromatic rings. The molecule has 0 unspecified atom stereocenters. The first kappa shape index (κ1) is 12.0. The smallest absolute Gasteiger partial charge is 0.122 e. The van der Waals surface area contributed by atoms with E-state index in [1.807, 2.05) is 12.1 Å². The highest BCUT2D eigenvalue weighted by molar-refractivity contribution is 5.95. The van der Waals surface area contributed by atoms with Crippen LogP contribution >= 0.6 is 0 Å². The third-order valence-corrected chi connectivity index (χ3v) is 3.21. The maximum Gasteiger partial charge on any atom is 0.122 e. The molecule has 0 atom stereocenters.